The Morgan fingerprint density at radius 1 is 1.42 bits per heavy atom. The predicted octanol–water partition coefficient (Wildman–Crippen LogP) is 3.09. The van der Waals surface area contributed by atoms with Gasteiger partial charge in [-0.05, 0) is 35.3 Å². The van der Waals surface area contributed by atoms with E-state index in [9.17, 15) is 4.79 Å². The first-order valence-corrected chi connectivity index (χ1v) is 6.70. The molecule has 1 heterocycles. The van der Waals surface area contributed by atoms with E-state index in [0.29, 0.717) is 5.69 Å². The van der Waals surface area contributed by atoms with Gasteiger partial charge in [-0.25, -0.2) is 0 Å². The van der Waals surface area contributed by atoms with Crippen molar-refractivity contribution in [2.75, 3.05) is 0 Å². The van der Waals surface area contributed by atoms with E-state index in [-0.39, 0.29) is 6.42 Å². The number of aromatic nitrogens is 2. The highest BCUT2D eigenvalue weighted by Crippen LogP contribution is 2.32. The number of nitrogens with zero attached hydrogens (tertiary/aromatic N) is 2. The number of aliphatic carboxylic acids is 1. The topological polar surface area (TPSA) is 55.1 Å². The minimum absolute atomic E-state index is 0.0466. The van der Waals surface area contributed by atoms with E-state index in [2.05, 4.69) is 27.1 Å². The zero-order valence-electron chi connectivity index (χ0n) is 11.1. The Labute approximate surface area is 120 Å². The molecule has 4 nitrogen and oxygen atoms in total. The molecule has 19 heavy (non-hydrogen) atoms. The zero-order chi connectivity index (χ0) is 14.2. The van der Waals surface area contributed by atoms with Crippen LogP contribution < -0.4 is 0 Å². The van der Waals surface area contributed by atoms with E-state index < -0.39 is 5.97 Å². The quantitative estimate of drug-likeness (QED) is 0.944. The normalized spacial score (nSPS) is 10.7. The van der Waals surface area contributed by atoms with Crippen molar-refractivity contribution in [1.29, 1.82) is 0 Å². The lowest BCUT2D eigenvalue weighted by Crippen LogP contribution is -2.06. The average molecular weight is 323 g/mol. The molecule has 0 saturated heterocycles. The van der Waals surface area contributed by atoms with Crippen LogP contribution in [0.1, 0.15) is 16.8 Å². The summed E-state index contributed by atoms with van der Waals surface area (Å²) >= 11 is 3.47. The van der Waals surface area contributed by atoms with Gasteiger partial charge in [0.15, 0.2) is 0 Å². The van der Waals surface area contributed by atoms with E-state index in [0.717, 1.165) is 21.3 Å². The first-order valence-electron chi connectivity index (χ1n) is 5.91. The largest absolute Gasteiger partial charge is 0.481 e. The third-order valence-electron chi connectivity index (χ3n) is 3.06. The predicted molar refractivity (Wildman–Crippen MR) is 77.2 cm³/mol. The van der Waals surface area contributed by atoms with E-state index >= 15 is 0 Å². The van der Waals surface area contributed by atoms with Gasteiger partial charge < -0.3 is 5.11 Å². The van der Waals surface area contributed by atoms with Gasteiger partial charge in [0.1, 0.15) is 5.69 Å². The molecule has 0 aliphatic heterocycles. The summed E-state index contributed by atoms with van der Waals surface area (Å²) in [7, 11) is 1.76. The van der Waals surface area contributed by atoms with Crippen molar-refractivity contribution in [1.82, 2.24) is 9.78 Å². The van der Waals surface area contributed by atoms with E-state index in [1.165, 1.54) is 5.56 Å². The molecular formula is C14H15BrN2O2. The summed E-state index contributed by atoms with van der Waals surface area (Å²) in [6, 6.07) is 6.13. The summed E-state index contributed by atoms with van der Waals surface area (Å²) in [6.07, 6.45) is -0.0466. The van der Waals surface area contributed by atoms with Crippen molar-refractivity contribution >= 4 is 21.9 Å². The molecule has 0 spiro atoms. The van der Waals surface area contributed by atoms with E-state index in [1.54, 1.807) is 11.7 Å². The molecule has 0 atom stereocenters. The monoisotopic (exact) mass is 322 g/mol. The van der Waals surface area contributed by atoms with Gasteiger partial charge in [-0.15, -0.1) is 0 Å². The fourth-order valence-corrected chi connectivity index (χ4v) is 2.81. The molecule has 5 heteroatoms. The second-order valence-electron chi connectivity index (χ2n) is 4.62. The number of benzene rings is 1. The van der Waals surface area contributed by atoms with Gasteiger partial charge in [0.05, 0.1) is 16.6 Å². The van der Waals surface area contributed by atoms with Crippen LogP contribution in [0, 0.1) is 13.8 Å². The van der Waals surface area contributed by atoms with Crippen LogP contribution >= 0.6 is 15.9 Å². The second-order valence-corrected chi connectivity index (χ2v) is 5.41. The minimum atomic E-state index is -0.865. The van der Waals surface area contributed by atoms with Gasteiger partial charge in [0, 0.05) is 12.6 Å². The van der Waals surface area contributed by atoms with Crippen molar-refractivity contribution in [2.24, 2.45) is 7.05 Å². The van der Waals surface area contributed by atoms with Gasteiger partial charge in [0.2, 0.25) is 0 Å². The molecular weight excluding hydrogens is 308 g/mol. The standard InChI is InChI=1S/C14H15BrN2O2/c1-8-4-5-10(9(2)6-8)14-13(15)11(7-12(18)19)17(3)16-14/h4-6H,7H2,1-3H3,(H,18,19). The Morgan fingerprint density at radius 3 is 2.68 bits per heavy atom. The van der Waals surface area contributed by atoms with E-state index in [4.69, 9.17) is 5.11 Å². The van der Waals surface area contributed by atoms with Crippen LogP contribution in [0.2, 0.25) is 0 Å². The number of hydrogen-bond acceptors (Lipinski definition) is 2. The maximum absolute atomic E-state index is 10.9. The van der Waals surface area contributed by atoms with Crippen LogP contribution in [-0.2, 0) is 18.3 Å². The number of carboxylic acid groups (broad SMARTS) is 1. The molecule has 0 radical (unpaired) electrons. The Bertz CT molecular complexity index is 647. The van der Waals surface area contributed by atoms with Crippen LogP contribution in [-0.4, -0.2) is 20.9 Å². The SMILES string of the molecule is Cc1ccc(-c2nn(C)c(CC(=O)O)c2Br)c(C)c1. The lowest BCUT2D eigenvalue weighted by Gasteiger charge is -2.04. The first-order chi connectivity index (χ1) is 8.90. The molecule has 2 aromatic rings. The van der Waals surface area contributed by atoms with Crippen LogP contribution in [0.15, 0.2) is 22.7 Å². The van der Waals surface area contributed by atoms with E-state index in [1.807, 2.05) is 26.0 Å². The number of aryl methyl sites for hydroxylation is 3. The average Bonchev–Trinajstić information content (AvgIpc) is 2.57. The lowest BCUT2D eigenvalue weighted by molar-refractivity contribution is -0.136. The third kappa shape index (κ3) is 2.71. The highest BCUT2D eigenvalue weighted by atomic mass is 79.9. The summed E-state index contributed by atoms with van der Waals surface area (Å²) in [5.74, 6) is -0.865. The molecule has 2 rings (SSSR count). The summed E-state index contributed by atoms with van der Waals surface area (Å²) in [5.41, 5.74) is 4.79. The van der Waals surface area contributed by atoms with Crippen molar-refractivity contribution in [3.63, 3.8) is 0 Å². The van der Waals surface area contributed by atoms with Crippen molar-refractivity contribution < 1.29 is 9.90 Å². The number of carboxylic acids is 1. The zero-order valence-corrected chi connectivity index (χ0v) is 12.7. The van der Waals surface area contributed by atoms with Crippen molar-refractivity contribution in [2.45, 2.75) is 20.3 Å². The van der Waals surface area contributed by atoms with Crippen molar-refractivity contribution in [3.05, 3.63) is 39.5 Å². The summed E-state index contributed by atoms with van der Waals surface area (Å²) in [5, 5.41) is 13.4. The van der Waals surface area contributed by atoms with Gasteiger partial charge in [0.25, 0.3) is 0 Å². The van der Waals surface area contributed by atoms with Gasteiger partial charge in [-0.1, -0.05) is 23.8 Å². The number of carbonyl (C=O) groups is 1. The molecule has 0 bridgehead atoms. The molecule has 0 unspecified atom stereocenters. The van der Waals surface area contributed by atoms with Crippen molar-refractivity contribution in [3.8, 4) is 11.3 Å². The first kappa shape index (κ1) is 13.8. The van der Waals surface area contributed by atoms with Crippen LogP contribution in [0.3, 0.4) is 0 Å². The summed E-state index contributed by atoms with van der Waals surface area (Å²) < 4.78 is 2.37. The summed E-state index contributed by atoms with van der Waals surface area (Å²) in [6.45, 7) is 4.07. The fourth-order valence-electron chi connectivity index (χ4n) is 2.12. The Balaban J connectivity index is 2.54. The molecule has 1 aromatic heterocycles. The lowest BCUT2D eigenvalue weighted by atomic mass is 10.0. The van der Waals surface area contributed by atoms with Gasteiger partial charge in [-0.3, -0.25) is 9.48 Å². The molecule has 1 N–H and O–H groups in total. The molecule has 0 aliphatic rings. The van der Waals surface area contributed by atoms with Crippen LogP contribution in [0.4, 0.5) is 0 Å². The Hall–Kier alpha value is -1.62. The van der Waals surface area contributed by atoms with Gasteiger partial charge >= 0.3 is 5.97 Å². The maximum atomic E-state index is 10.9. The minimum Gasteiger partial charge on any atom is -0.481 e. The molecule has 0 saturated carbocycles. The molecule has 0 fully saturated rings. The molecule has 0 aliphatic carbocycles. The maximum Gasteiger partial charge on any atom is 0.309 e. The van der Waals surface area contributed by atoms with Crippen LogP contribution in [0.25, 0.3) is 11.3 Å². The Morgan fingerprint density at radius 2 is 2.11 bits per heavy atom. The second kappa shape index (κ2) is 5.17. The molecule has 0 amide bonds. The van der Waals surface area contributed by atoms with Gasteiger partial charge in [-0.2, -0.15) is 5.10 Å². The molecule has 1 aromatic carbocycles. The smallest absolute Gasteiger partial charge is 0.309 e. The highest BCUT2D eigenvalue weighted by molar-refractivity contribution is 9.10. The Kier molecular flexibility index (Phi) is 3.75. The molecule has 100 valence electrons. The number of halogens is 1. The number of hydrogen-bond donors (Lipinski definition) is 1. The third-order valence-corrected chi connectivity index (χ3v) is 3.89. The number of rotatable bonds is 3. The summed E-state index contributed by atoms with van der Waals surface area (Å²) in [4.78, 5) is 10.9. The fraction of sp³-hybridized carbons (Fsp3) is 0.286. The van der Waals surface area contributed by atoms with Crippen LogP contribution in [0.5, 0.6) is 0 Å². The highest BCUT2D eigenvalue weighted by Gasteiger charge is 2.18.